The van der Waals surface area contributed by atoms with Crippen molar-refractivity contribution in [2.45, 2.75) is 37.5 Å². The molecule has 3 atom stereocenters. The third-order valence-electron chi connectivity index (χ3n) is 3.79. The first-order chi connectivity index (χ1) is 9.13. The van der Waals surface area contributed by atoms with Gasteiger partial charge in [0.1, 0.15) is 0 Å². The van der Waals surface area contributed by atoms with E-state index in [1.165, 1.54) is 12.1 Å². The number of fused-ring (bicyclic) bond motifs is 2. The van der Waals surface area contributed by atoms with E-state index in [0.29, 0.717) is 5.56 Å². The van der Waals surface area contributed by atoms with E-state index >= 15 is 0 Å². The number of carbonyl (C=O) groups excluding carboxylic acids is 1. The van der Waals surface area contributed by atoms with Crippen molar-refractivity contribution < 1.29 is 19.4 Å². The summed E-state index contributed by atoms with van der Waals surface area (Å²) in [6.45, 7) is 0. The van der Waals surface area contributed by atoms with Crippen LogP contribution in [0.1, 0.15) is 40.0 Å². The molecule has 2 fully saturated rings. The lowest BCUT2D eigenvalue weighted by atomic mass is 9.95. The molecule has 0 aliphatic carbocycles. The molecule has 2 aliphatic rings. The molecule has 5 heteroatoms. The van der Waals surface area contributed by atoms with Gasteiger partial charge in [0.25, 0.3) is 5.91 Å². The summed E-state index contributed by atoms with van der Waals surface area (Å²) in [5, 5.41) is 11.8. The van der Waals surface area contributed by atoms with Crippen LogP contribution in [0.3, 0.4) is 0 Å². The number of aromatic carboxylic acids is 1. The molecule has 1 amide bonds. The van der Waals surface area contributed by atoms with E-state index in [1.807, 2.05) is 0 Å². The third-order valence-corrected chi connectivity index (χ3v) is 3.79. The highest BCUT2D eigenvalue weighted by molar-refractivity contribution is 5.97. The lowest BCUT2D eigenvalue weighted by Gasteiger charge is -2.20. The average Bonchev–Trinajstić information content (AvgIpc) is 3.01. The van der Waals surface area contributed by atoms with Gasteiger partial charge in [0, 0.05) is 5.56 Å². The number of rotatable bonds is 3. The molecule has 2 N–H and O–H groups in total. The van der Waals surface area contributed by atoms with Crippen molar-refractivity contribution in [3.63, 3.8) is 0 Å². The summed E-state index contributed by atoms with van der Waals surface area (Å²) in [7, 11) is 0. The number of carbonyl (C=O) groups is 2. The normalized spacial score (nSPS) is 28.3. The van der Waals surface area contributed by atoms with E-state index in [0.717, 1.165) is 19.3 Å². The second kappa shape index (κ2) is 4.66. The molecule has 0 saturated carbocycles. The van der Waals surface area contributed by atoms with Gasteiger partial charge in [0.2, 0.25) is 0 Å². The summed E-state index contributed by atoms with van der Waals surface area (Å²) in [5.41, 5.74) is 0.500. The summed E-state index contributed by atoms with van der Waals surface area (Å²) in [5.74, 6) is -1.26. The van der Waals surface area contributed by atoms with E-state index in [-0.39, 0.29) is 29.7 Å². The fraction of sp³-hybridized carbons (Fsp3) is 0.429. The zero-order chi connectivity index (χ0) is 13.4. The van der Waals surface area contributed by atoms with Crippen molar-refractivity contribution in [3.05, 3.63) is 35.4 Å². The predicted octanol–water partition coefficient (Wildman–Crippen LogP) is 1.43. The molecule has 5 nitrogen and oxygen atoms in total. The minimum Gasteiger partial charge on any atom is -0.478 e. The van der Waals surface area contributed by atoms with Gasteiger partial charge >= 0.3 is 5.97 Å². The minimum atomic E-state index is -1.03. The Kier molecular flexibility index (Phi) is 2.98. The van der Waals surface area contributed by atoms with Crippen molar-refractivity contribution in [2.75, 3.05) is 0 Å². The second-order valence-electron chi connectivity index (χ2n) is 5.08. The Morgan fingerprint density at radius 2 is 2.05 bits per heavy atom. The molecule has 2 heterocycles. The number of carboxylic acid groups (broad SMARTS) is 1. The first-order valence-corrected chi connectivity index (χ1v) is 6.43. The summed E-state index contributed by atoms with van der Waals surface area (Å²) in [6, 6.07) is 6.12. The molecule has 2 aliphatic heterocycles. The molecular weight excluding hydrogens is 246 g/mol. The Balaban J connectivity index is 1.70. The van der Waals surface area contributed by atoms with Crippen LogP contribution in [0.4, 0.5) is 0 Å². The zero-order valence-corrected chi connectivity index (χ0v) is 10.3. The van der Waals surface area contributed by atoms with Crippen molar-refractivity contribution in [1.29, 1.82) is 0 Å². The Morgan fingerprint density at radius 1 is 1.26 bits per heavy atom. The number of benzene rings is 1. The first-order valence-electron chi connectivity index (χ1n) is 6.43. The highest BCUT2D eigenvalue weighted by Crippen LogP contribution is 2.34. The van der Waals surface area contributed by atoms with E-state index in [2.05, 4.69) is 5.32 Å². The third kappa shape index (κ3) is 2.33. The molecule has 0 unspecified atom stereocenters. The van der Waals surface area contributed by atoms with Crippen LogP contribution in [0.5, 0.6) is 0 Å². The number of hydrogen-bond donors (Lipinski definition) is 2. The maximum atomic E-state index is 12.1. The molecule has 3 rings (SSSR count). The van der Waals surface area contributed by atoms with Crippen LogP contribution in [-0.4, -0.2) is 35.2 Å². The monoisotopic (exact) mass is 261 g/mol. The Bertz CT molecular complexity index is 528. The van der Waals surface area contributed by atoms with Crippen LogP contribution in [0, 0.1) is 0 Å². The summed E-state index contributed by atoms with van der Waals surface area (Å²) >= 11 is 0. The number of amides is 1. The second-order valence-corrected chi connectivity index (χ2v) is 5.08. The standard InChI is InChI=1S/C14H15NO4/c16-13(8-2-1-3-9(6-8)14(17)18)15-11-7-10-4-5-12(11)19-10/h1-3,6,10-12H,4-5,7H2,(H,15,16)(H,17,18)/t10-,11-,12+/m1/s1. The van der Waals surface area contributed by atoms with Gasteiger partial charge in [-0.15, -0.1) is 0 Å². The molecule has 100 valence electrons. The van der Waals surface area contributed by atoms with E-state index in [9.17, 15) is 9.59 Å². The molecule has 0 aromatic heterocycles. The van der Waals surface area contributed by atoms with E-state index < -0.39 is 5.97 Å². The number of hydrogen-bond acceptors (Lipinski definition) is 3. The van der Waals surface area contributed by atoms with Crippen molar-refractivity contribution >= 4 is 11.9 Å². The van der Waals surface area contributed by atoms with Crippen LogP contribution in [0.15, 0.2) is 24.3 Å². The van der Waals surface area contributed by atoms with Gasteiger partial charge in [-0.25, -0.2) is 4.79 Å². The topological polar surface area (TPSA) is 75.6 Å². The van der Waals surface area contributed by atoms with Crippen LogP contribution < -0.4 is 5.32 Å². The fourth-order valence-electron chi connectivity index (χ4n) is 2.83. The molecule has 1 aromatic carbocycles. The maximum absolute atomic E-state index is 12.1. The fourth-order valence-corrected chi connectivity index (χ4v) is 2.83. The minimum absolute atomic E-state index is 0.0553. The molecule has 0 spiro atoms. The SMILES string of the molecule is O=C(O)c1cccc(C(=O)N[C@@H]2C[C@H]3CC[C@@H]2O3)c1. The lowest BCUT2D eigenvalue weighted by Crippen LogP contribution is -2.41. The number of ether oxygens (including phenoxy) is 1. The number of carboxylic acids is 1. The molecule has 0 radical (unpaired) electrons. The van der Waals surface area contributed by atoms with Gasteiger partial charge in [-0.2, -0.15) is 0 Å². The van der Waals surface area contributed by atoms with Crippen molar-refractivity contribution in [3.8, 4) is 0 Å². The maximum Gasteiger partial charge on any atom is 0.335 e. The molecule has 1 aromatic rings. The molecule has 2 saturated heterocycles. The average molecular weight is 261 g/mol. The molecule has 2 bridgehead atoms. The Labute approximate surface area is 110 Å². The van der Waals surface area contributed by atoms with Gasteiger partial charge in [-0.3, -0.25) is 4.79 Å². The van der Waals surface area contributed by atoms with Crippen molar-refractivity contribution in [2.24, 2.45) is 0 Å². The van der Waals surface area contributed by atoms with Gasteiger partial charge in [-0.05, 0) is 37.5 Å². The largest absolute Gasteiger partial charge is 0.478 e. The highest BCUT2D eigenvalue weighted by Gasteiger charge is 2.41. The van der Waals surface area contributed by atoms with Gasteiger partial charge in [0.05, 0.1) is 23.8 Å². The summed E-state index contributed by atoms with van der Waals surface area (Å²) < 4.78 is 5.67. The van der Waals surface area contributed by atoms with E-state index in [1.54, 1.807) is 12.1 Å². The quantitative estimate of drug-likeness (QED) is 0.863. The number of nitrogens with one attached hydrogen (secondary N) is 1. The van der Waals surface area contributed by atoms with Gasteiger partial charge in [-0.1, -0.05) is 6.07 Å². The van der Waals surface area contributed by atoms with Crippen molar-refractivity contribution in [1.82, 2.24) is 5.32 Å². The summed E-state index contributed by atoms with van der Waals surface area (Å²) in [4.78, 5) is 23.0. The zero-order valence-electron chi connectivity index (χ0n) is 10.3. The van der Waals surface area contributed by atoms with Crippen LogP contribution in [0.2, 0.25) is 0 Å². The predicted molar refractivity (Wildman–Crippen MR) is 67.2 cm³/mol. The lowest BCUT2D eigenvalue weighted by molar-refractivity contribution is 0.0697. The Morgan fingerprint density at radius 3 is 2.68 bits per heavy atom. The Hall–Kier alpha value is -1.88. The van der Waals surface area contributed by atoms with Gasteiger partial charge < -0.3 is 15.2 Å². The van der Waals surface area contributed by atoms with Crippen LogP contribution in [-0.2, 0) is 4.74 Å². The van der Waals surface area contributed by atoms with Gasteiger partial charge in [0.15, 0.2) is 0 Å². The van der Waals surface area contributed by atoms with Crippen LogP contribution in [0.25, 0.3) is 0 Å². The smallest absolute Gasteiger partial charge is 0.335 e. The van der Waals surface area contributed by atoms with Crippen LogP contribution >= 0.6 is 0 Å². The first kappa shape index (κ1) is 12.2. The molecule has 19 heavy (non-hydrogen) atoms. The highest BCUT2D eigenvalue weighted by atomic mass is 16.5. The van der Waals surface area contributed by atoms with E-state index in [4.69, 9.17) is 9.84 Å². The molecular formula is C14H15NO4. The summed E-state index contributed by atoms with van der Waals surface area (Å²) in [6.07, 6.45) is 3.32.